The lowest BCUT2D eigenvalue weighted by Gasteiger charge is -2.13. The lowest BCUT2D eigenvalue weighted by Crippen LogP contribution is -2.34. The monoisotopic (exact) mass is 408 g/mol. The van der Waals surface area contributed by atoms with Crippen molar-refractivity contribution < 1.29 is 14.3 Å². The summed E-state index contributed by atoms with van der Waals surface area (Å²) in [5, 5.41) is 5.80. The number of ether oxygens (including phenoxy) is 2. The maximum Gasteiger partial charge on any atom is 0.261 e. The molecule has 0 fully saturated rings. The molecule has 0 saturated carbocycles. The minimum Gasteiger partial charge on any atom is -0.496 e. The van der Waals surface area contributed by atoms with E-state index in [-0.39, 0.29) is 11.0 Å². The van der Waals surface area contributed by atoms with Crippen molar-refractivity contribution >= 4 is 44.9 Å². The Morgan fingerprint density at radius 2 is 1.92 bits per heavy atom. The molecule has 2 rings (SSSR count). The summed E-state index contributed by atoms with van der Waals surface area (Å²) >= 11 is 8.60. The minimum absolute atomic E-state index is 0.195. The number of hydrogen-bond donors (Lipinski definition) is 2. The highest BCUT2D eigenvalue weighted by atomic mass is 79.9. The van der Waals surface area contributed by atoms with Gasteiger partial charge in [-0.2, -0.15) is 0 Å². The second kappa shape index (κ2) is 8.12. The van der Waals surface area contributed by atoms with Crippen molar-refractivity contribution in [3.05, 3.63) is 52.0 Å². The van der Waals surface area contributed by atoms with Crippen LogP contribution in [0.4, 0.5) is 5.69 Å². The largest absolute Gasteiger partial charge is 0.496 e. The van der Waals surface area contributed by atoms with E-state index in [2.05, 4.69) is 26.6 Å². The van der Waals surface area contributed by atoms with E-state index in [0.29, 0.717) is 17.1 Å². The number of aryl methyl sites for hydroxylation is 1. The number of para-hydroxylation sites is 1. The van der Waals surface area contributed by atoms with E-state index in [0.717, 1.165) is 15.7 Å². The van der Waals surface area contributed by atoms with Gasteiger partial charge in [0.05, 0.1) is 24.3 Å². The van der Waals surface area contributed by atoms with E-state index < -0.39 is 0 Å². The Labute approximate surface area is 154 Å². The first kappa shape index (κ1) is 18.2. The van der Waals surface area contributed by atoms with Gasteiger partial charge in [0.15, 0.2) is 5.11 Å². The molecule has 5 nitrogen and oxygen atoms in total. The lowest BCUT2D eigenvalue weighted by atomic mass is 10.1. The maximum absolute atomic E-state index is 12.4. The van der Waals surface area contributed by atoms with Gasteiger partial charge in [0.2, 0.25) is 0 Å². The van der Waals surface area contributed by atoms with Gasteiger partial charge in [-0.3, -0.25) is 10.1 Å². The van der Waals surface area contributed by atoms with E-state index in [1.54, 1.807) is 31.4 Å². The highest BCUT2D eigenvalue weighted by Crippen LogP contribution is 2.27. The van der Waals surface area contributed by atoms with Gasteiger partial charge in [0, 0.05) is 5.69 Å². The molecule has 2 aromatic carbocycles. The molecule has 0 radical (unpaired) electrons. The van der Waals surface area contributed by atoms with Crippen LogP contribution in [0.1, 0.15) is 15.9 Å². The second-order valence-electron chi connectivity index (χ2n) is 4.91. The Morgan fingerprint density at radius 3 is 2.54 bits per heavy atom. The first-order chi connectivity index (χ1) is 11.5. The van der Waals surface area contributed by atoms with Crippen LogP contribution in [0, 0.1) is 6.92 Å². The van der Waals surface area contributed by atoms with Gasteiger partial charge in [-0.05, 0) is 64.9 Å². The highest BCUT2D eigenvalue weighted by Gasteiger charge is 2.15. The van der Waals surface area contributed by atoms with Crippen LogP contribution in [-0.2, 0) is 0 Å². The number of amides is 1. The molecular formula is C17H17BrN2O3S. The van der Waals surface area contributed by atoms with Crippen molar-refractivity contribution in [1.82, 2.24) is 5.32 Å². The third kappa shape index (κ3) is 4.24. The number of thiocarbonyl (C=S) groups is 1. The molecule has 0 heterocycles. The number of anilines is 1. The van der Waals surface area contributed by atoms with E-state index in [4.69, 9.17) is 21.7 Å². The normalized spacial score (nSPS) is 10.0. The fourth-order valence-corrected chi connectivity index (χ4v) is 2.93. The third-order valence-corrected chi connectivity index (χ3v) is 4.12. The number of hydrogen-bond acceptors (Lipinski definition) is 4. The van der Waals surface area contributed by atoms with Crippen LogP contribution in [0.15, 0.2) is 40.9 Å². The van der Waals surface area contributed by atoms with Crippen LogP contribution in [0.25, 0.3) is 0 Å². The summed E-state index contributed by atoms with van der Waals surface area (Å²) in [6, 6.07) is 10.8. The van der Waals surface area contributed by atoms with Crippen molar-refractivity contribution in [2.45, 2.75) is 6.92 Å². The average Bonchev–Trinajstić information content (AvgIpc) is 2.54. The Kier molecular flexibility index (Phi) is 6.16. The zero-order chi connectivity index (χ0) is 17.7. The van der Waals surface area contributed by atoms with Gasteiger partial charge in [-0.15, -0.1) is 0 Å². The number of benzene rings is 2. The summed E-state index contributed by atoms with van der Waals surface area (Å²) in [7, 11) is 3.12. The van der Waals surface area contributed by atoms with Gasteiger partial charge in [0.25, 0.3) is 5.91 Å². The van der Waals surface area contributed by atoms with Gasteiger partial charge in [-0.1, -0.05) is 12.1 Å². The molecule has 0 atom stereocenters. The molecule has 1 amide bonds. The molecule has 24 heavy (non-hydrogen) atoms. The summed E-state index contributed by atoms with van der Waals surface area (Å²) < 4.78 is 11.2. The van der Waals surface area contributed by atoms with Crippen molar-refractivity contribution in [3.8, 4) is 11.5 Å². The highest BCUT2D eigenvalue weighted by molar-refractivity contribution is 9.10. The summed E-state index contributed by atoms with van der Waals surface area (Å²) in [4.78, 5) is 12.4. The van der Waals surface area contributed by atoms with Crippen molar-refractivity contribution in [2.24, 2.45) is 0 Å². The number of halogens is 1. The zero-order valence-corrected chi connectivity index (χ0v) is 15.9. The standard InChI is InChI=1S/C17H17BrN2O3S/c1-10-5-4-6-12(15(10)23-3)16(21)20-17(24)19-11-7-8-14(22-2)13(18)9-11/h4-9H,1-3H3,(H2,19,20,21,24). The minimum atomic E-state index is -0.333. The molecule has 0 bridgehead atoms. The first-order valence-electron chi connectivity index (χ1n) is 7.05. The quantitative estimate of drug-likeness (QED) is 0.751. The Balaban J connectivity index is 2.08. The second-order valence-corrected chi connectivity index (χ2v) is 6.18. The molecule has 2 N–H and O–H groups in total. The molecule has 0 unspecified atom stereocenters. The molecule has 0 aliphatic rings. The first-order valence-corrected chi connectivity index (χ1v) is 8.26. The van der Waals surface area contributed by atoms with E-state index in [1.165, 1.54) is 7.11 Å². The summed E-state index contributed by atoms with van der Waals surface area (Å²) in [6.07, 6.45) is 0. The Hall–Kier alpha value is -2.12. The van der Waals surface area contributed by atoms with Gasteiger partial charge >= 0.3 is 0 Å². The van der Waals surface area contributed by atoms with E-state index >= 15 is 0 Å². The van der Waals surface area contributed by atoms with Crippen LogP contribution < -0.4 is 20.1 Å². The molecule has 0 aliphatic heterocycles. The van der Waals surface area contributed by atoms with Crippen LogP contribution in [0.5, 0.6) is 11.5 Å². The Morgan fingerprint density at radius 1 is 1.17 bits per heavy atom. The van der Waals surface area contributed by atoms with Crippen LogP contribution >= 0.6 is 28.1 Å². The van der Waals surface area contributed by atoms with Crippen molar-refractivity contribution in [1.29, 1.82) is 0 Å². The number of carbonyl (C=O) groups excluding carboxylic acids is 1. The number of rotatable bonds is 4. The predicted molar refractivity (Wildman–Crippen MR) is 102 cm³/mol. The topological polar surface area (TPSA) is 59.6 Å². The lowest BCUT2D eigenvalue weighted by molar-refractivity contribution is 0.0974. The number of methoxy groups -OCH3 is 2. The predicted octanol–water partition coefficient (Wildman–Crippen LogP) is 3.90. The Bertz CT molecular complexity index is 780. The van der Waals surface area contributed by atoms with Crippen LogP contribution in [-0.4, -0.2) is 25.2 Å². The molecule has 0 saturated heterocycles. The molecule has 0 aliphatic carbocycles. The van der Waals surface area contributed by atoms with Gasteiger partial charge in [0.1, 0.15) is 11.5 Å². The fraction of sp³-hybridized carbons (Fsp3) is 0.176. The van der Waals surface area contributed by atoms with Crippen molar-refractivity contribution in [3.63, 3.8) is 0 Å². The summed E-state index contributed by atoms with van der Waals surface area (Å²) in [6.45, 7) is 1.88. The van der Waals surface area contributed by atoms with Crippen LogP contribution in [0.3, 0.4) is 0 Å². The zero-order valence-electron chi connectivity index (χ0n) is 13.5. The number of carbonyl (C=O) groups is 1. The smallest absolute Gasteiger partial charge is 0.261 e. The molecule has 2 aromatic rings. The molecule has 7 heteroatoms. The van der Waals surface area contributed by atoms with Crippen molar-refractivity contribution in [2.75, 3.05) is 19.5 Å². The molecule has 0 spiro atoms. The average molecular weight is 409 g/mol. The summed E-state index contributed by atoms with van der Waals surface area (Å²) in [5.41, 5.74) is 2.03. The van der Waals surface area contributed by atoms with Gasteiger partial charge < -0.3 is 14.8 Å². The molecular weight excluding hydrogens is 392 g/mol. The summed E-state index contributed by atoms with van der Waals surface area (Å²) in [5.74, 6) is 0.908. The van der Waals surface area contributed by atoms with Crippen LogP contribution in [0.2, 0.25) is 0 Å². The number of nitrogens with one attached hydrogen (secondary N) is 2. The van der Waals surface area contributed by atoms with E-state index in [1.807, 2.05) is 19.1 Å². The maximum atomic E-state index is 12.4. The molecule has 0 aromatic heterocycles. The van der Waals surface area contributed by atoms with E-state index in [9.17, 15) is 4.79 Å². The molecule has 126 valence electrons. The van der Waals surface area contributed by atoms with Gasteiger partial charge in [-0.25, -0.2) is 0 Å². The third-order valence-electron chi connectivity index (χ3n) is 3.30. The SMILES string of the molecule is COc1ccc(NC(=S)NC(=O)c2cccc(C)c2OC)cc1Br. The fourth-order valence-electron chi connectivity index (χ4n) is 2.18.